The third-order valence-electron chi connectivity index (χ3n) is 4.62. The lowest BCUT2D eigenvalue weighted by Gasteiger charge is -2.16. The van der Waals surface area contributed by atoms with Crippen molar-refractivity contribution in [2.75, 3.05) is 23.4 Å². The first-order valence-electron chi connectivity index (χ1n) is 9.02. The van der Waals surface area contributed by atoms with Crippen molar-refractivity contribution in [2.45, 2.75) is 13.3 Å². The fourth-order valence-corrected chi connectivity index (χ4v) is 3.57. The average Bonchev–Trinajstić information content (AvgIpc) is 3.10. The molecule has 2 amide bonds. The number of halogens is 1. The number of hydrogen-bond acceptors (Lipinski definition) is 6. The summed E-state index contributed by atoms with van der Waals surface area (Å²) in [6.07, 6.45) is -0.0883. The number of amides is 2. The minimum absolute atomic E-state index is 0.0340. The molecule has 30 heavy (non-hydrogen) atoms. The van der Waals surface area contributed by atoms with Gasteiger partial charge in [-0.15, -0.1) is 0 Å². The number of carbonyl (C=O) groups is 3. The Morgan fingerprint density at radius 3 is 2.77 bits per heavy atom. The van der Waals surface area contributed by atoms with Crippen molar-refractivity contribution in [1.29, 1.82) is 0 Å². The Kier molecular flexibility index (Phi) is 6.46. The Morgan fingerprint density at radius 1 is 1.30 bits per heavy atom. The normalized spacial score (nSPS) is 15.7. The van der Waals surface area contributed by atoms with Gasteiger partial charge in [-0.25, -0.2) is 0 Å². The molecule has 0 spiro atoms. The van der Waals surface area contributed by atoms with Gasteiger partial charge in [-0.05, 0) is 36.8 Å². The van der Waals surface area contributed by atoms with Gasteiger partial charge in [-0.2, -0.15) is 0 Å². The van der Waals surface area contributed by atoms with Crippen LogP contribution >= 0.6 is 15.9 Å². The zero-order chi connectivity index (χ0) is 21.8. The zero-order valence-corrected chi connectivity index (χ0v) is 17.5. The largest absolute Gasteiger partial charge is 0.455 e. The first-order valence-corrected chi connectivity index (χ1v) is 9.81. The van der Waals surface area contributed by atoms with Gasteiger partial charge in [0.2, 0.25) is 5.91 Å². The van der Waals surface area contributed by atoms with E-state index >= 15 is 0 Å². The molecule has 9 nitrogen and oxygen atoms in total. The van der Waals surface area contributed by atoms with Gasteiger partial charge >= 0.3 is 5.97 Å². The third kappa shape index (κ3) is 5.01. The standard InChI is InChI=1S/C20H18BrN3O6/c1-12-7-14(21)5-6-17(12)22-18(25)11-30-20(27)13-8-19(26)23(10-13)15-3-2-4-16(9-15)24(28)29/h2-7,9,13H,8,10-11H2,1H3,(H,22,25)/t13-/m1/s1. The molecule has 0 unspecified atom stereocenters. The number of esters is 1. The van der Waals surface area contributed by atoms with Crippen LogP contribution in [-0.4, -0.2) is 35.9 Å². The van der Waals surface area contributed by atoms with E-state index in [0.717, 1.165) is 10.0 Å². The maximum Gasteiger partial charge on any atom is 0.311 e. The molecule has 2 aromatic carbocycles. The number of hydrogen-bond donors (Lipinski definition) is 1. The number of anilines is 2. The third-order valence-corrected chi connectivity index (χ3v) is 5.11. The minimum Gasteiger partial charge on any atom is -0.455 e. The number of carbonyl (C=O) groups excluding carboxylic acids is 3. The van der Waals surface area contributed by atoms with Crippen LogP contribution in [-0.2, 0) is 19.1 Å². The summed E-state index contributed by atoms with van der Waals surface area (Å²) in [7, 11) is 0. The topological polar surface area (TPSA) is 119 Å². The van der Waals surface area contributed by atoms with Crippen molar-refractivity contribution in [3.63, 3.8) is 0 Å². The SMILES string of the molecule is Cc1cc(Br)ccc1NC(=O)COC(=O)[C@@H]1CC(=O)N(c2cccc([N+](=O)[O-])c2)C1. The molecule has 0 bridgehead atoms. The Bertz CT molecular complexity index is 1030. The minimum atomic E-state index is -0.751. The second kappa shape index (κ2) is 9.04. The molecule has 1 aliphatic heterocycles. The zero-order valence-electron chi connectivity index (χ0n) is 16.0. The van der Waals surface area contributed by atoms with Gasteiger partial charge in [0.1, 0.15) is 0 Å². The summed E-state index contributed by atoms with van der Waals surface area (Å²) < 4.78 is 5.95. The molecular weight excluding hydrogens is 458 g/mol. The number of nitrogens with one attached hydrogen (secondary N) is 1. The van der Waals surface area contributed by atoms with Gasteiger partial charge in [0.25, 0.3) is 11.6 Å². The fourth-order valence-electron chi connectivity index (χ4n) is 3.10. The molecule has 1 N–H and O–H groups in total. The van der Waals surface area contributed by atoms with Gasteiger partial charge in [-0.3, -0.25) is 24.5 Å². The van der Waals surface area contributed by atoms with Crippen LogP contribution in [0.4, 0.5) is 17.1 Å². The molecule has 1 heterocycles. The highest BCUT2D eigenvalue weighted by atomic mass is 79.9. The maximum absolute atomic E-state index is 12.3. The van der Waals surface area contributed by atoms with E-state index in [4.69, 9.17) is 4.74 Å². The molecule has 0 radical (unpaired) electrons. The molecule has 3 rings (SSSR count). The van der Waals surface area contributed by atoms with Crippen molar-refractivity contribution in [3.8, 4) is 0 Å². The van der Waals surface area contributed by atoms with Gasteiger partial charge < -0.3 is 15.0 Å². The number of nitro benzene ring substituents is 1. The van der Waals surface area contributed by atoms with E-state index in [2.05, 4.69) is 21.2 Å². The predicted octanol–water partition coefficient (Wildman–Crippen LogP) is 3.20. The van der Waals surface area contributed by atoms with E-state index in [9.17, 15) is 24.5 Å². The van der Waals surface area contributed by atoms with Gasteiger partial charge in [0.05, 0.1) is 16.5 Å². The van der Waals surface area contributed by atoms with Crippen LogP contribution in [0.3, 0.4) is 0 Å². The predicted molar refractivity (Wildman–Crippen MR) is 112 cm³/mol. The highest BCUT2D eigenvalue weighted by Crippen LogP contribution is 2.28. The average molecular weight is 476 g/mol. The molecule has 2 aromatic rings. The van der Waals surface area contributed by atoms with E-state index in [-0.39, 0.29) is 24.6 Å². The van der Waals surface area contributed by atoms with Gasteiger partial charge in [-0.1, -0.05) is 22.0 Å². The Morgan fingerprint density at radius 2 is 2.07 bits per heavy atom. The van der Waals surface area contributed by atoms with E-state index < -0.39 is 29.3 Å². The molecule has 156 valence electrons. The van der Waals surface area contributed by atoms with Crippen LogP contribution in [0.1, 0.15) is 12.0 Å². The van der Waals surface area contributed by atoms with Crippen LogP contribution in [0.25, 0.3) is 0 Å². The summed E-state index contributed by atoms with van der Waals surface area (Å²) in [6, 6.07) is 11.0. The van der Waals surface area contributed by atoms with Crippen molar-refractivity contribution >= 4 is 50.8 Å². The molecule has 0 saturated carbocycles. The summed E-state index contributed by atoms with van der Waals surface area (Å²) in [4.78, 5) is 48.4. The van der Waals surface area contributed by atoms with Crippen molar-refractivity contribution in [2.24, 2.45) is 5.92 Å². The molecule has 0 aliphatic carbocycles. The monoisotopic (exact) mass is 475 g/mol. The summed E-state index contributed by atoms with van der Waals surface area (Å²) in [5.74, 6) is -2.25. The summed E-state index contributed by atoms with van der Waals surface area (Å²) in [5, 5.41) is 13.6. The quantitative estimate of drug-likeness (QED) is 0.389. The Hall–Kier alpha value is -3.27. The lowest BCUT2D eigenvalue weighted by Crippen LogP contribution is -2.28. The number of nitro groups is 1. The van der Waals surface area contributed by atoms with Crippen LogP contribution in [0.2, 0.25) is 0 Å². The molecule has 1 fully saturated rings. The van der Waals surface area contributed by atoms with E-state index in [1.165, 1.54) is 23.1 Å². The second-order valence-corrected chi connectivity index (χ2v) is 7.71. The number of ether oxygens (including phenoxy) is 1. The molecule has 1 aliphatic rings. The fraction of sp³-hybridized carbons (Fsp3) is 0.250. The smallest absolute Gasteiger partial charge is 0.311 e. The van der Waals surface area contributed by atoms with Crippen molar-refractivity contribution in [1.82, 2.24) is 0 Å². The molecular formula is C20H18BrN3O6. The summed E-state index contributed by atoms with van der Waals surface area (Å²) >= 11 is 3.34. The Labute approximate surface area is 180 Å². The first kappa shape index (κ1) is 21.4. The number of non-ortho nitro benzene ring substituents is 1. The van der Waals surface area contributed by atoms with Crippen molar-refractivity contribution < 1.29 is 24.0 Å². The molecule has 1 atom stereocenters. The summed E-state index contributed by atoms with van der Waals surface area (Å²) in [6.45, 7) is 1.39. The molecule has 0 aromatic heterocycles. The van der Waals surface area contributed by atoms with E-state index in [1.807, 2.05) is 13.0 Å². The summed E-state index contributed by atoms with van der Waals surface area (Å²) in [5.41, 5.74) is 1.64. The number of rotatable bonds is 6. The van der Waals surface area contributed by atoms with Crippen LogP contribution < -0.4 is 10.2 Å². The number of nitrogens with zero attached hydrogens (tertiary/aromatic N) is 2. The van der Waals surface area contributed by atoms with Crippen LogP contribution in [0.15, 0.2) is 46.9 Å². The molecule has 10 heteroatoms. The Balaban J connectivity index is 1.56. The van der Waals surface area contributed by atoms with Gasteiger partial charge in [0, 0.05) is 35.3 Å². The maximum atomic E-state index is 12.3. The van der Waals surface area contributed by atoms with Gasteiger partial charge in [0.15, 0.2) is 6.61 Å². The number of aryl methyl sites for hydroxylation is 1. The van der Waals surface area contributed by atoms with E-state index in [0.29, 0.717) is 11.4 Å². The van der Waals surface area contributed by atoms with Crippen molar-refractivity contribution in [3.05, 3.63) is 62.6 Å². The first-order chi connectivity index (χ1) is 14.2. The lowest BCUT2D eigenvalue weighted by molar-refractivity contribution is -0.384. The number of benzene rings is 2. The highest BCUT2D eigenvalue weighted by molar-refractivity contribution is 9.10. The van der Waals surface area contributed by atoms with Crippen LogP contribution in [0, 0.1) is 23.0 Å². The second-order valence-electron chi connectivity index (χ2n) is 6.80. The highest BCUT2D eigenvalue weighted by Gasteiger charge is 2.36. The van der Waals surface area contributed by atoms with E-state index in [1.54, 1.807) is 18.2 Å². The lowest BCUT2D eigenvalue weighted by atomic mass is 10.1. The molecule has 1 saturated heterocycles. The van der Waals surface area contributed by atoms with Crippen LogP contribution in [0.5, 0.6) is 0 Å².